The van der Waals surface area contributed by atoms with Crippen molar-refractivity contribution in [2.75, 3.05) is 14.2 Å². The van der Waals surface area contributed by atoms with Gasteiger partial charge in [0.25, 0.3) is 5.91 Å². The Morgan fingerprint density at radius 3 is 2.55 bits per heavy atom. The van der Waals surface area contributed by atoms with Gasteiger partial charge in [-0.2, -0.15) is 0 Å². The Morgan fingerprint density at radius 2 is 1.87 bits per heavy atom. The van der Waals surface area contributed by atoms with Gasteiger partial charge in [-0.25, -0.2) is 4.98 Å². The molecule has 4 heterocycles. The van der Waals surface area contributed by atoms with E-state index in [-0.39, 0.29) is 11.9 Å². The van der Waals surface area contributed by atoms with Crippen LogP contribution < -0.4 is 14.8 Å². The predicted octanol–water partition coefficient (Wildman–Crippen LogP) is 4.24. The lowest BCUT2D eigenvalue weighted by Gasteiger charge is -2.39. The first kappa shape index (κ1) is 20.3. The Balaban J connectivity index is 1.26. The van der Waals surface area contributed by atoms with Crippen LogP contribution in [0.4, 0.5) is 0 Å². The topological polar surface area (TPSA) is 63.7 Å². The van der Waals surface area contributed by atoms with Crippen LogP contribution in [0.2, 0.25) is 0 Å². The van der Waals surface area contributed by atoms with Gasteiger partial charge in [0.1, 0.15) is 15.5 Å². The van der Waals surface area contributed by atoms with Crippen LogP contribution in [-0.2, 0) is 6.54 Å². The molecule has 0 saturated carbocycles. The summed E-state index contributed by atoms with van der Waals surface area (Å²) in [7, 11) is 3.31. The molecule has 7 heteroatoms. The number of aromatic nitrogens is 1. The lowest BCUT2D eigenvalue weighted by molar-refractivity contribution is 0.0829. The first-order valence-corrected chi connectivity index (χ1v) is 11.6. The van der Waals surface area contributed by atoms with Crippen molar-refractivity contribution in [2.24, 2.45) is 0 Å². The zero-order valence-electron chi connectivity index (χ0n) is 17.8. The summed E-state index contributed by atoms with van der Waals surface area (Å²) >= 11 is 1.40. The second-order valence-electron chi connectivity index (χ2n) is 8.37. The highest BCUT2D eigenvalue weighted by Crippen LogP contribution is 2.39. The van der Waals surface area contributed by atoms with E-state index in [2.05, 4.69) is 27.3 Å². The number of methoxy groups -OCH3 is 2. The number of piperidine rings is 1. The third kappa shape index (κ3) is 3.88. The minimum absolute atomic E-state index is 0.0483. The molecule has 0 aliphatic carbocycles. The van der Waals surface area contributed by atoms with Crippen molar-refractivity contribution in [3.05, 3.63) is 53.0 Å². The van der Waals surface area contributed by atoms with E-state index in [4.69, 9.17) is 9.47 Å². The highest BCUT2D eigenvalue weighted by atomic mass is 32.1. The molecule has 0 spiro atoms. The zero-order chi connectivity index (χ0) is 21.4. The number of hydrogen-bond acceptors (Lipinski definition) is 6. The third-order valence-corrected chi connectivity index (χ3v) is 7.67. The summed E-state index contributed by atoms with van der Waals surface area (Å²) in [5.41, 5.74) is 1.31. The number of benzene rings is 1. The van der Waals surface area contributed by atoms with Crippen molar-refractivity contribution >= 4 is 27.5 Å². The van der Waals surface area contributed by atoms with Crippen LogP contribution in [0.5, 0.6) is 11.5 Å². The average Bonchev–Trinajstić information content (AvgIpc) is 3.28. The number of thiophene rings is 1. The quantitative estimate of drug-likeness (QED) is 0.625. The first-order valence-electron chi connectivity index (χ1n) is 10.8. The minimum Gasteiger partial charge on any atom is -0.497 e. The first-order chi connectivity index (χ1) is 15.2. The van der Waals surface area contributed by atoms with Crippen molar-refractivity contribution in [1.29, 1.82) is 0 Å². The lowest BCUT2D eigenvalue weighted by atomic mass is 9.96. The van der Waals surface area contributed by atoms with Gasteiger partial charge in [-0.3, -0.25) is 9.69 Å². The number of amides is 1. The van der Waals surface area contributed by atoms with Crippen molar-refractivity contribution in [3.63, 3.8) is 0 Å². The molecular weight excluding hydrogens is 410 g/mol. The number of carbonyl (C=O) groups is 1. The number of nitrogens with one attached hydrogen (secondary N) is 1. The summed E-state index contributed by atoms with van der Waals surface area (Å²) < 4.78 is 10.8. The molecule has 2 saturated heterocycles. The second kappa shape index (κ2) is 8.48. The molecule has 2 aliphatic heterocycles. The number of carbonyl (C=O) groups excluding carboxylic acids is 1. The summed E-state index contributed by atoms with van der Waals surface area (Å²) in [5, 5.41) is 4.19. The maximum absolute atomic E-state index is 13.1. The molecule has 1 aromatic carbocycles. The molecule has 3 aromatic rings. The number of hydrogen-bond donors (Lipinski definition) is 1. The summed E-state index contributed by atoms with van der Waals surface area (Å²) in [6, 6.07) is 13.4. The van der Waals surface area contributed by atoms with Crippen LogP contribution in [0.25, 0.3) is 10.2 Å². The molecule has 2 unspecified atom stereocenters. The van der Waals surface area contributed by atoms with E-state index < -0.39 is 0 Å². The fraction of sp³-hybridized carbons (Fsp3) is 0.417. The molecule has 1 N–H and O–H groups in total. The Bertz CT molecular complexity index is 1070. The lowest BCUT2D eigenvalue weighted by Crippen LogP contribution is -2.49. The standard InChI is InChI=1S/C24H27N3O3S/c1-29-19-9-5-15(6-10-19)14-27-17-7-8-18(27)13-16(12-17)26-23(28)22-21(30-2)20-4-3-11-25-24(20)31-22/h3-6,9-11,16-18H,7-8,12-14H2,1-2H3,(H,26,28). The Labute approximate surface area is 186 Å². The van der Waals surface area contributed by atoms with Gasteiger partial charge < -0.3 is 14.8 Å². The predicted molar refractivity (Wildman–Crippen MR) is 122 cm³/mol. The van der Waals surface area contributed by atoms with Gasteiger partial charge in [-0.15, -0.1) is 11.3 Å². The number of rotatable bonds is 6. The van der Waals surface area contributed by atoms with E-state index >= 15 is 0 Å². The largest absolute Gasteiger partial charge is 0.497 e. The average molecular weight is 438 g/mol. The molecule has 31 heavy (non-hydrogen) atoms. The highest BCUT2D eigenvalue weighted by Gasteiger charge is 2.41. The van der Waals surface area contributed by atoms with Crippen molar-refractivity contribution < 1.29 is 14.3 Å². The fourth-order valence-corrected chi connectivity index (χ4v) is 6.12. The van der Waals surface area contributed by atoms with Gasteiger partial charge in [-0.1, -0.05) is 12.1 Å². The highest BCUT2D eigenvalue weighted by molar-refractivity contribution is 7.20. The zero-order valence-corrected chi connectivity index (χ0v) is 18.7. The van der Waals surface area contributed by atoms with E-state index in [9.17, 15) is 4.79 Å². The van der Waals surface area contributed by atoms with Crippen LogP contribution in [0, 0.1) is 0 Å². The van der Waals surface area contributed by atoms with Crippen molar-refractivity contribution in [3.8, 4) is 11.5 Å². The fourth-order valence-electron chi connectivity index (χ4n) is 5.11. The molecule has 2 bridgehead atoms. The SMILES string of the molecule is COc1ccc(CN2C3CCC2CC(NC(=O)c2sc4ncccc4c2OC)C3)cc1. The molecule has 6 nitrogen and oxygen atoms in total. The molecule has 1 amide bonds. The van der Waals surface area contributed by atoms with Gasteiger partial charge in [0.05, 0.1) is 19.6 Å². The van der Waals surface area contributed by atoms with Crippen LogP contribution >= 0.6 is 11.3 Å². The van der Waals surface area contributed by atoms with Gasteiger partial charge in [0.15, 0.2) is 5.75 Å². The monoisotopic (exact) mass is 437 g/mol. The molecule has 5 rings (SSSR count). The third-order valence-electron chi connectivity index (χ3n) is 6.57. The van der Waals surface area contributed by atoms with E-state index in [0.717, 1.165) is 35.4 Å². The number of ether oxygens (including phenoxy) is 2. The van der Waals surface area contributed by atoms with Crippen LogP contribution in [0.1, 0.15) is 40.9 Å². The molecule has 2 aliphatic rings. The summed E-state index contributed by atoms with van der Waals surface area (Å²) in [5.74, 6) is 1.47. The number of pyridine rings is 1. The Kier molecular flexibility index (Phi) is 5.54. The van der Waals surface area contributed by atoms with E-state index in [1.807, 2.05) is 24.3 Å². The second-order valence-corrected chi connectivity index (χ2v) is 9.37. The molecule has 2 atom stereocenters. The van der Waals surface area contributed by atoms with Crippen molar-refractivity contribution in [1.82, 2.24) is 15.2 Å². The Morgan fingerprint density at radius 1 is 1.13 bits per heavy atom. The molecule has 2 aromatic heterocycles. The summed E-state index contributed by atoms with van der Waals surface area (Å²) in [4.78, 5) is 21.5. The van der Waals surface area contributed by atoms with Gasteiger partial charge in [0, 0.05) is 30.9 Å². The van der Waals surface area contributed by atoms with E-state index in [1.54, 1.807) is 20.4 Å². The van der Waals surface area contributed by atoms with E-state index in [1.165, 1.54) is 29.7 Å². The van der Waals surface area contributed by atoms with Gasteiger partial charge in [-0.05, 0) is 55.5 Å². The van der Waals surface area contributed by atoms with Crippen molar-refractivity contribution in [2.45, 2.75) is 50.4 Å². The molecular formula is C24H27N3O3S. The summed E-state index contributed by atoms with van der Waals surface area (Å²) in [6.45, 7) is 0.954. The minimum atomic E-state index is -0.0483. The van der Waals surface area contributed by atoms with E-state index in [0.29, 0.717) is 22.7 Å². The smallest absolute Gasteiger partial charge is 0.265 e. The molecule has 162 valence electrons. The van der Waals surface area contributed by atoms with Gasteiger partial charge >= 0.3 is 0 Å². The number of nitrogens with zero attached hydrogens (tertiary/aromatic N) is 2. The summed E-state index contributed by atoms with van der Waals surface area (Å²) in [6.07, 6.45) is 6.12. The maximum atomic E-state index is 13.1. The normalized spacial score (nSPS) is 23.1. The number of fused-ring (bicyclic) bond motifs is 3. The molecule has 2 fully saturated rings. The Hall–Kier alpha value is -2.64. The van der Waals surface area contributed by atoms with Gasteiger partial charge in [0.2, 0.25) is 0 Å². The van der Waals surface area contributed by atoms with Crippen LogP contribution in [-0.4, -0.2) is 48.1 Å². The van der Waals surface area contributed by atoms with Crippen LogP contribution in [0.3, 0.4) is 0 Å². The maximum Gasteiger partial charge on any atom is 0.265 e. The van der Waals surface area contributed by atoms with Crippen LogP contribution in [0.15, 0.2) is 42.6 Å². The molecule has 0 radical (unpaired) electrons.